The lowest BCUT2D eigenvalue weighted by molar-refractivity contribution is -0.111. The molecule has 0 bridgehead atoms. The Morgan fingerprint density at radius 2 is 2.04 bits per heavy atom. The summed E-state index contributed by atoms with van der Waals surface area (Å²) in [5, 5.41) is 5.36. The molecule has 0 atom stereocenters. The van der Waals surface area contributed by atoms with Crippen LogP contribution in [0.25, 0.3) is 17.3 Å². The van der Waals surface area contributed by atoms with Gasteiger partial charge in [-0.25, -0.2) is 4.98 Å². The second-order valence-electron chi connectivity index (χ2n) is 6.07. The highest BCUT2D eigenvalue weighted by atomic mass is 79.9. The molecule has 4 nitrogen and oxygen atoms in total. The zero-order valence-corrected chi connectivity index (χ0v) is 17.6. The van der Waals surface area contributed by atoms with E-state index in [0.717, 1.165) is 32.6 Å². The van der Waals surface area contributed by atoms with Crippen LogP contribution in [0, 0.1) is 13.8 Å². The van der Waals surface area contributed by atoms with Crippen molar-refractivity contribution in [2.24, 2.45) is 0 Å². The molecule has 138 valence electrons. The fraction of sp³-hybridized carbons (Fsp3) is 0.143. The van der Waals surface area contributed by atoms with Gasteiger partial charge < -0.3 is 4.74 Å². The van der Waals surface area contributed by atoms with Gasteiger partial charge in [0.15, 0.2) is 5.13 Å². The topological polar surface area (TPSA) is 51.2 Å². The van der Waals surface area contributed by atoms with E-state index in [0.29, 0.717) is 5.13 Å². The number of amides is 1. The summed E-state index contributed by atoms with van der Waals surface area (Å²) in [4.78, 5) is 16.7. The quantitative estimate of drug-likeness (QED) is 0.504. The molecule has 0 aliphatic carbocycles. The van der Waals surface area contributed by atoms with Crippen molar-refractivity contribution in [1.82, 2.24) is 4.98 Å². The molecular weight excluding hydrogens is 424 g/mol. The summed E-state index contributed by atoms with van der Waals surface area (Å²) in [6, 6.07) is 11.9. The third kappa shape index (κ3) is 4.84. The maximum atomic E-state index is 12.2. The Morgan fingerprint density at radius 3 is 2.78 bits per heavy atom. The minimum atomic E-state index is -0.219. The number of anilines is 1. The van der Waals surface area contributed by atoms with Crippen molar-refractivity contribution in [2.45, 2.75) is 13.8 Å². The first-order valence-electron chi connectivity index (χ1n) is 8.32. The van der Waals surface area contributed by atoms with Gasteiger partial charge in [-0.15, -0.1) is 11.3 Å². The van der Waals surface area contributed by atoms with Gasteiger partial charge in [0.25, 0.3) is 0 Å². The van der Waals surface area contributed by atoms with Crippen LogP contribution in [0.4, 0.5) is 5.13 Å². The highest BCUT2D eigenvalue weighted by Crippen LogP contribution is 2.28. The molecule has 0 saturated heterocycles. The van der Waals surface area contributed by atoms with Crippen LogP contribution in [0.3, 0.4) is 0 Å². The Balaban J connectivity index is 1.69. The number of rotatable bonds is 5. The van der Waals surface area contributed by atoms with Gasteiger partial charge in [-0.3, -0.25) is 10.1 Å². The third-order valence-electron chi connectivity index (χ3n) is 4.01. The summed E-state index contributed by atoms with van der Waals surface area (Å²) < 4.78 is 6.04. The number of halogens is 1. The number of thiazole rings is 1. The minimum absolute atomic E-state index is 0.219. The maximum Gasteiger partial charge on any atom is 0.250 e. The van der Waals surface area contributed by atoms with E-state index in [4.69, 9.17) is 4.74 Å². The fourth-order valence-corrected chi connectivity index (χ4v) is 3.84. The van der Waals surface area contributed by atoms with Crippen molar-refractivity contribution in [1.29, 1.82) is 0 Å². The minimum Gasteiger partial charge on any atom is -0.496 e. The van der Waals surface area contributed by atoms with Crippen molar-refractivity contribution >= 4 is 44.4 Å². The summed E-state index contributed by atoms with van der Waals surface area (Å²) in [5.74, 6) is 0.530. The van der Waals surface area contributed by atoms with E-state index < -0.39 is 0 Å². The first-order valence-corrected chi connectivity index (χ1v) is 9.99. The predicted octanol–water partition coefficient (Wildman–Crippen LogP) is 5.85. The molecule has 0 aliphatic rings. The summed E-state index contributed by atoms with van der Waals surface area (Å²) in [6.45, 7) is 4.11. The summed E-state index contributed by atoms with van der Waals surface area (Å²) >= 11 is 4.85. The number of carbonyl (C=O) groups excluding carboxylic acids is 1. The lowest BCUT2D eigenvalue weighted by Gasteiger charge is -2.04. The highest BCUT2D eigenvalue weighted by molar-refractivity contribution is 9.10. The number of aryl methyl sites for hydroxylation is 2. The monoisotopic (exact) mass is 442 g/mol. The number of methoxy groups -OCH3 is 1. The first-order chi connectivity index (χ1) is 13.0. The Labute approximate surface area is 171 Å². The molecule has 0 fully saturated rings. The van der Waals surface area contributed by atoms with Crippen molar-refractivity contribution in [3.05, 3.63) is 69.0 Å². The molecular formula is C21H19BrN2O2S. The molecule has 0 spiro atoms. The van der Waals surface area contributed by atoms with Crippen LogP contribution in [0.5, 0.6) is 5.75 Å². The largest absolute Gasteiger partial charge is 0.496 e. The molecule has 1 N–H and O–H groups in total. The Bertz CT molecular complexity index is 1010. The van der Waals surface area contributed by atoms with Gasteiger partial charge in [0.1, 0.15) is 5.75 Å². The average molecular weight is 443 g/mol. The summed E-state index contributed by atoms with van der Waals surface area (Å²) in [5.41, 5.74) is 5.20. The van der Waals surface area contributed by atoms with Crippen LogP contribution in [0.2, 0.25) is 0 Å². The van der Waals surface area contributed by atoms with Crippen LogP contribution in [-0.4, -0.2) is 18.0 Å². The molecule has 0 saturated carbocycles. The second-order valence-corrected chi connectivity index (χ2v) is 7.79. The van der Waals surface area contributed by atoms with Crippen LogP contribution in [0.15, 0.2) is 52.3 Å². The summed E-state index contributed by atoms with van der Waals surface area (Å²) in [7, 11) is 1.61. The van der Waals surface area contributed by atoms with E-state index in [-0.39, 0.29) is 5.91 Å². The van der Waals surface area contributed by atoms with Crippen molar-refractivity contribution in [2.75, 3.05) is 12.4 Å². The number of aromatic nitrogens is 1. The van der Waals surface area contributed by atoms with Gasteiger partial charge in [-0.2, -0.15) is 0 Å². The lowest BCUT2D eigenvalue weighted by Crippen LogP contribution is -2.07. The smallest absolute Gasteiger partial charge is 0.250 e. The van der Waals surface area contributed by atoms with Gasteiger partial charge in [-0.05, 0) is 65.2 Å². The molecule has 3 rings (SSSR count). The molecule has 27 heavy (non-hydrogen) atoms. The van der Waals surface area contributed by atoms with Crippen molar-refractivity contribution in [3.8, 4) is 17.0 Å². The lowest BCUT2D eigenvalue weighted by atomic mass is 10.0. The number of ether oxygens (including phenoxy) is 1. The van der Waals surface area contributed by atoms with Gasteiger partial charge >= 0.3 is 0 Å². The van der Waals surface area contributed by atoms with Gasteiger partial charge in [0.05, 0.1) is 17.3 Å². The van der Waals surface area contributed by atoms with Crippen LogP contribution in [0.1, 0.15) is 16.7 Å². The number of hydrogen-bond donors (Lipinski definition) is 1. The normalized spacial score (nSPS) is 11.0. The third-order valence-corrected chi connectivity index (χ3v) is 5.38. The molecule has 2 aromatic carbocycles. The van der Waals surface area contributed by atoms with E-state index in [2.05, 4.69) is 58.3 Å². The van der Waals surface area contributed by atoms with Crippen LogP contribution < -0.4 is 10.1 Å². The molecule has 3 aromatic rings. The van der Waals surface area contributed by atoms with E-state index in [1.54, 1.807) is 13.2 Å². The van der Waals surface area contributed by atoms with E-state index in [1.807, 2.05) is 23.6 Å². The number of hydrogen-bond acceptors (Lipinski definition) is 4. The molecule has 1 heterocycles. The van der Waals surface area contributed by atoms with E-state index >= 15 is 0 Å². The standard InChI is InChI=1S/C21H19BrN2O2S/c1-13-4-5-14(2)16(10-13)18-12-27-21(23-18)24-20(25)9-7-15-6-8-19(26-3)17(22)11-15/h4-12H,1-3H3,(H,23,24,25)/b9-7+. The predicted molar refractivity (Wildman–Crippen MR) is 115 cm³/mol. The van der Waals surface area contributed by atoms with E-state index in [1.165, 1.54) is 23.0 Å². The second kappa shape index (κ2) is 8.50. The van der Waals surface area contributed by atoms with Crippen molar-refractivity contribution in [3.63, 3.8) is 0 Å². The van der Waals surface area contributed by atoms with Gasteiger partial charge in [0, 0.05) is 17.0 Å². The van der Waals surface area contributed by atoms with Gasteiger partial charge in [0.2, 0.25) is 5.91 Å². The number of nitrogens with one attached hydrogen (secondary N) is 1. The molecule has 1 amide bonds. The first kappa shape index (κ1) is 19.3. The SMILES string of the molecule is COc1ccc(/C=C/C(=O)Nc2nc(-c3cc(C)ccc3C)cs2)cc1Br. The molecule has 1 aromatic heterocycles. The number of benzene rings is 2. The maximum absolute atomic E-state index is 12.2. The average Bonchev–Trinajstić information content (AvgIpc) is 3.10. The fourth-order valence-electron chi connectivity index (χ4n) is 2.57. The Kier molecular flexibility index (Phi) is 6.08. The van der Waals surface area contributed by atoms with Crippen molar-refractivity contribution < 1.29 is 9.53 Å². The molecule has 0 aliphatic heterocycles. The zero-order chi connectivity index (χ0) is 19.4. The van der Waals surface area contributed by atoms with Gasteiger partial charge in [-0.1, -0.05) is 23.8 Å². The Morgan fingerprint density at radius 1 is 1.22 bits per heavy atom. The number of carbonyl (C=O) groups is 1. The molecule has 0 radical (unpaired) electrons. The van der Waals surface area contributed by atoms with Crippen LogP contribution >= 0.6 is 27.3 Å². The van der Waals surface area contributed by atoms with E-state index in [9.17, 15) is 4.79 Å². The molecule has 0 unspecified atom stereocenters. The summed E-state index contributed by atoms with van der Waals surface area (Å²) in [6.07, 6.45) is 3.24. The molecule has 6 heteroatoms. The highest BCUT2D eigenvalue weighted by Gasteiger charge is 2.09. The van der Waals surface area contributed by atoms with Crippen LogP contribution in [-0.2, 0) is 4.79 Å². The Hall–Kier alpha value is -2.44. The number of nitrogens with zero attached hydrogens (tertiary/aromatic N) is 1. The zero-order valence-electron chi connectivity index (χ0n) is 15.2.